The van der Waals surface area contributed by atoms with Crippen molar-refractivity contribution in [3.8, 4) is 0 Å². The number of aliphatic hydroxyl groups is 1. The van der Waals surface area contributed by atoms with Crippen LogP contribution in [0.15, 0.2) is 36.1 Å². The summed E-state index contributed by atoms with van der Waals surface area (Å²) in [6.45, 7) is 2.49. The number of thiophene rings is 1. The molecule has 2 aromatic rings. The van der Waals surface area contributed by atoms with Gasteiger partial charge in [0.15, 0.2) is 0 Å². The molecule has 11 heteroatoms. The fraction of sp³-hybridized carbons (Fsp3) is 0.476. The van der Waals surface area contributed by atoms with E-state index in [9.17, 15) is 18.3 Å². The Morgan fingerprint density at radius 3 is 2.84 bits per heavy atom. The Kier molecular flexibility index (Phi) is 7.13. The molecule has 172 valence electrons. The summed E-state index contributed by atoms with van der Waals surface area (Å²) in [7, 11) is -4.05. The molecule has 0 bridgehead atoms. The molecule has 2 aliphatic rings. The number of carbonyl (C=O) groups is 1. The van der Waals surface area contributed by atoms with Gasteiger partial charge in [0, 0.05) is 31.7 Å². The molecule has 1 aliphatic heterocycles. The molecule has 3 N–H and O–H groups in total. The molecule has 1 aliphatic carbocycles. The van der Waals surface area contributed by atoms with E-state index in [4.69, 9.17) is 5.14 Å². The molecule has 9 nitrogen and oxygen atoms in total. The van der Waals surface area contributed by atoms with Crippen molar-refractivity contribution in [2.45, 2.75) is 31.9 Å². The second kappa shape index (κ2) is 9.86. The van der Waals surface area contributed by atoms with Crippen LogP contribution in [0.1, 0.15) is 39.3 Å². The highest BCUT2D eigenvalue weighted by atomic mass is 32.2. The summed E-state index contributed by atoms with van der Waals surface area (Å²) in [6, 6.07) is 1.93. The summed E-state index contributed by atoms with van der Waals surface area (Å²) >= 11 is 1.42. The van der Waals surface area contributed by atoms with Crippen molar-refractivity contribution in [2.24, 2.45) is 17.0 Å². The van der Waals surface area contributed by atoms with Crippen LogP contribution in [0, 0.1) is 11.8 Å². The highest BCUT2D eigenvalue weighted by molar-refractivity contribution is 7.84. The maximum absolute atomic E-state index is 13.2. The van der Waals surface area contributed by atoms with Crippen molar-refractivity contribution in [2.75, 3.05) is 19.7 Å². The highest BCUT2D eigenvalue weighted by Gasteiger charge is 2.35. The third-order valence-electron chi connectivity index (χ3n) is 5.90. The summed E-state index contributed by atoms with van der Waals surface area (Å²) in [6.07, 6.45) is 8.06. The number of nitrogens with two attached hydrogens (primary N) is 1. The normalized spacial score (nSPS) is 23.8. The average Bonchev–Trinajstić information content (AvgIpc) is 3.48. The maximum atomic E-state index is 13.2. The Hall–Kier alpha value is -2.02. The fourth-order valence-corrected chi connectivity index (χ4v) is 5.57. The molecule has 0 amide bonds. The van der Waals surface area contributed by atoms with E-state index >= 15 is 0 Å². The van der Waals surface area contributed by atoms with E-state index < -0.39 is 16.4 Å². The van der Waals surface area contributed by atoms with Gasteiger partial charge in [0.1, 0.15) is 6.33 Å². The van der Waals surface area contributed by atoms with E-state index in [1.807, 2.05) is 11.4 Å². The topological polar surface area (TPSA) is 136 Å². The minimum absolute atomic E-state index is 0.0436. The van der Waals surface area contributed by atoms with Gasteiger partial charge in [0.05, 0.1) is 28.8 Å². The third-order valence-corrected chi connectivity index (χ3v) is 7.34. The van der Waals surface area contributed by atoms with Crippen LogP contribution in [0.2, 0.25) is 0 Å². The molecule has 1 fully saturated rings. The fourth-order valence-electron chi connectivity index (χ4n) is 4.34. The molecule has 0 radical (unpaired) electrons. The minimum Gasteiger partial charge on any atom is -0.393 e. The van der Waals surface area contributed by atoms with E-state index in [1.54, 1.807) is 6.20 Å². The van der Waals surface area contributed by atoms with Crippen molar-refractivity contribution in [3.63, 3.8) is 0 Å². The number of hydrogen-bond donors (Lipinski definition) is 2. The lowest BCUT2D eigenvalue weighted by molar-refractivity contribution is 0.100. The van der Waals surface area contributed by atoms with E-state index in [0.29, 0.717) is 35.4 Å². The molecular formula is C21H26N4O5S2. The molecule has 4 rings (SSSR count). The zero-order chi connectivity index (χ0) is 22.7. The van der Waals surface area contributed by atoms with Crippen LogP contribution in [0.5, 0.6) is 0 Å². The van der Waals surface area contributed by atoms with Crippen LogP contribution < -0.4 is 5.14 Å². The molecule has 3 heterocycles. The van der Waals surface area contributed by atoms with Gasteiger partial charge in [0.25, 0.3) is 0 Å². The first-order valence-corrected chi connectivity index (χ1v) is 12.8. The quantitative estimate of drug-likeness (QED) is 0.406. The number of carbonyl (C=O) groups excluding carboxylic acids is 1. The molecule has 1 saturated carbocycles. The Bertz CT molecular complexity index is 1090. The smallest absolute Gasteiger partial charge is 0.333 e. The number of aromatic nitrogens is 2. The number of hydrogen-bond acceptors (Lipinski definition) is 9. The van der Waals surface area contributed by atoms with Crippen molar-refractivity contribution in [3.05, 3.63) is 57.8 Å². The molecule has 0 aromatic carbocycles. The Labute approximate surface area is 191 Å². The van der Waals surface area contributed by atoms with Crippen molar-refractivity contribution < 1.29 is 22.5 Å². The van der Waals surface area contributed by atoms with Crippen LogP contribution in [-0.4, -0.2) is 60.0 Å². The monoisotopic (exact) mass is 478 g/mol. The maximum Gasteiger partial charge on any atom is 0.333 e. The highest BCUT2D eigenvalue weighted by Crippen LogP contribution is 2.34. The molecular weight excluding hydrogens is 452 g/mol. The van der Waals surface area contributed by atoms with Crippen LogP contribution in [0.4, 0.5) is 0 Å². The number of aliphatic hydroxyl groups excluding tert-OH is 1. The summed E-state index contributed by atoms with van der Waals surface area (Å²) in [5, 5.41) is 17.2. The van der Waals surface area contributed by atoms with Crippen molar-refractivity contribution in [1.29, 1.82) is 0 Å². The predicted octanol–water partition coefficient (Wildman–Crippen LogP) is 1.29. The first-order valence-electron chi connectivity index (χ1n) is 10.4. The van der Waals surface area contributed by atoms with Gasteiger partial charge in [-0.25, -0.2) is 15.1 Å². The van der Waals surface area contributed by atoms with Crippen LogP contribution in [0.25, 0.3) is 0 Å². The second-order valence-corrected chi connectivity index (χ2v) is 10.5. The summed E-state index contributed by atoms with van der Waals surface area (Å²) in [5.41, 5.74) is 2.20. The van der Waals surface area contributed by atoms with Crippen molar-refractivity contribution >= 4 is 27.4 Å². The molecule has 32 heavy (non-hydrogen) atoms. The van der Waals surface area contributed by atoms with Crippen molar-refractivity contribution in [1.82, 2.24) is 14.9 Å². The van der Waals surface area contributed by atoms with Gasteiger partial charge in [-0.3, -0.25) is 13.9 Å². The van der Waals surface area contributed by atoms with E-state index in [-0.39, 0.29) is 24.2 Å². The lowest BCUT2D eigenvalue weighted by Gasteiger charge is -2.13. The Morgan fingerprint density at radius 2 is 2.09 bits per heavy atom. The molecule has 3 atom stereocenters. The third kappa shape index (κ3) is 5.85. The number of nitrogens with zero attached hydrogens (tertiary/aromatic N) is 3. The Morgan fingerprint density at radius 1 is 1.31 bits per heavy atom. The van der Waals surface area contributed by atoms with Gasteiger partial charge in [-0.1, -0.05) is 12.2 Å². The Balaban J connectivity index is 1.42. The first-order chi connectivity index (χ1) is 15.3. The van der Waals surface area contributed by atoms with Gasteiger partial charge in [0.2, 0.25) is 5.78 Å². The minimum atomic E-state index is -4.05. The van der Waals surface area contributed by atoms with Gasteiger partial charge >= 0.3 is 10.3 Å². The molecule has 0 unspecified atom stereocenters. The molecule has 2 aromatic heterocycles. The van der Waals surface area contributed by atoms with Crippen LogP contribution >= 0.6 is 11.3 Å². The lowest BCUT2D eigenvalue weighted by atomic mass is 9.96. The van der Waals surface area contributed by atoms with E-state index in [1.165, 1.54) is 17.7 Å². The summed E-state index contributed by atoms with van der Waals surface area (Å²) in [5.74, 6) is -0.398. The van der Waals surface area contributed by atoms with Crippen LogP contribution in [-0.2, 0) is 27.5 Å². The number of ketones is 1. The second-order valence-electron chi connectivity index (χ2n) is 8.34. The zero-order valence-electron chi connectivity index (χ0n) is 17.5. The lowest BCUT2D eigenvalue weighted by Crippen LogP contribution is -2.24. The molecule has 0 spiro atoms. The van der Waals surface area contributed by atoms with E-state index in [2.05, 4.69) is 31.2 Å². The van der Waals surface area contributed by atoms with Gasteiger partial charge in [-0.2, -0.15) is 8.42 Å². The van der Waals surface area contributed by atoms with E-state index in [0.717, 1.165) is 25.2 Å². The van der Waals surface area contributed by atoms with Gasteiger partial charge in [-0.15, -0.1) is 11.3 Å². The van der Waals surface area contributed by atoms with Crippen LogP contribution in [0.3, 0.4) is 0 Å². The summed E-state index contributed by atoms with van der Waals surface area (Å²) in [4.78, 5) is 24.5. The zero-order valence-corrected chi connectivity index (χ0v) is 19.1. The molecule has 0 saturated heterocycles. The summed E-state index contributed by atoms with van der Waals surface area (Å²) < 4.78 is 26.7. The first kappa shape index (κ1) is 23.1. The average molecular weight is 479 g/mol. The predicted molar refractivity (Wildman–Crippen MR) is 119 cm³/mol. The standard InChI is InChI=1S/C21H26N4O5S2/c22-32(28,29)30-11-16-5-14(7-19(16)26)6-18-17(9-23-13-24-18)21(27)20-8-15(12-31-20)10-25-3-1-2-4-25/h1-2,8-9,12-14,16,19,26H,3-7,10-11H2,(H2,22,28,29)/t14-,16+,19-/m0/s1. The largest absolute Gasteiger partial charge is 0.393 e. The SMILES string of the molecule is NS(=O)(=O)OC[C@H]1C[C@@H](Cc2ncncc2C(=O)c2cc(CN3CC=CC3)cs2)C[C@@H]1O. The van der Waals surface area contributed by atoms with Gasteiger partial charge < -0.3 is 5.11 Å². The van der Waals surface area contributed by atoms with Gasteiger partial charge in [-0.05, 0) is 42.2 Å². The number of rotatable bonds is 9.